The minimum Gasteiger partial charge on any atom is -0.423 e. The van der Waals surface area contributed by atoms with Gasteiger partial charge in [0.15, 0.2) is 5.96 Å². The molecule has 0 aliphatic carbocycles. The smallest absolute Gasteiger partial charge is 0.344 e. The second-order valence-electron chi connectivity index (χ2n) is 8.74. The predicted molar refractivity (Wildman–Crippen MR) is 151 cm³/mol. The molecule has 0 unspecified atom stereocenters. The van der Waals surface area contributed by atoms with E-state index in [9.17, 15) is 19.2 Å². The number of amides is 1. The maximum Gasteiger partial charge on any atom is 0.344 e. The Morgan fingerprint density at radius 1 is 0.833 bits per heavy atom. The lowest BCUT2D eigenvalue weighted by Gasteiger charge is -2.22. The van der Waals surface area contributed by atoms with E-state index in [-0.39, 0.29) is 35.1 Å². The monoisotopic (exact) mass is 571 g/mol. The number of pyridine rings is 1. The van der Waals surface area contributed by atoms with Crippen molar-refractivity contribution < 1.29 is 33.6 Å². The van der Waals surface area contributed by atoms with Crippen molar-refractivity contribution in [2.45, 2.75) is 6.42 Å². The zero-order chi connectivity index (χ0) is 30.2. The van der Waals surface area contributed by atoms with Crippen LogP contribution in [0.5, 0.6) is 5.75 Å². The van der Waals surface area contributed by atoms with Crippen LogP contribution in [0.15, 0.2) is 83.9 Å². The minimum absolute atomic E-state index is 0.00435. The van der Waals surface area contributed by atoms with Gasteiger partial charge < -0.3 is 25.9 Å². The molecule has 0 radical (unpaired) electrons. The summed E-state index contributed by atoms with van der Waals surface area (Å²) in [6.07, 6.45) is -0.155. The molecule has 4 rings (SSSR count). The number of guanidine groups is 1. The minimum atomic E-state index is -0.881. The second kappa shape index (κ2) is 13.0. The highest BCUT2D eigenvalue weighted by Crippen LogP contribution is 2.24. The number of ether oxygens (including phenoxy) is 1. The molecule has 8 N–H and O–H groups in total. The molecule has 0 saturated carbocycles. The molecule has 0 bridgehead atoms. The Morgan fingerprint density at radius 2 is 1.57 bits per heavy atom. The average molecular weight is 572 g/mol. The Balaban J connectivity index is 1.56. The molecule has 0 spiro atoms. The summed E-state index contributed by atoms with van der Waals surface area (Å²) in [6, 6.07) is 20.3. The number of aliphatic imine (C=N–C) groups is 1. The summed E-state index contributed by atoms with van der Waals surface area (Å²) in [5, 5.41) is 0.579. The lowest BCUT2D eigenvalue weighted by Crippen LogP contribution is -2.37. The quantitative estimate of drug-likeness (QED) is 0.0734. The van der Waals surface area contributed by atoms with Crippen LogP contribution >= 0.6 is 0 Å². The van der Waals surface area contributed by atoms with Gasteiger partial charge in [0.25, 0.3) is 5.91 Å². The fourth-order valence-electron chi connectivity index (χ4n) is 3.90. The van der Waals surface area contributed by atoms with Crippen molar-refractivity contribution >= 4 is 52.1 Å². The van der Waals surface area contributed by atoms with Crippen molar-refractivity contribution in [3.8, 4) is 5.75 Å². The molecule has 14 nitrogen and oxygen atoms in total. The summed E-state index contributed by atoms with van der Waals surface area (Å²) < 4.78 is 5.48. The van der Waals surface area contributed by atoms with E-state index in [4.69, 9.17) is 28.0 Å². The summed E-state index contributed by atoms with van der Waals surface area (Å²) in [6.45, 7) is -0.526. The number of esters is 1. The summed E-state index contributed by atoms with van der Waals surface area (Å²) >= 11 is 0. The van der Waals surface area contributed by atoms with E-state index in [2.05, 4.69) is 19.7 Å². The molecule has 0 aliphatic rings. The van der Waals surface area contributed by atoms with Crippen molar-refractivity contribution in [1.82, 2.24) is 4.98 Å². The van der Waals surface area contributed by atoms with Gasteiger partial charge in [-0.15, -0.1) is 0 Å². The van der Waals surface area contributed by atoms with Gasteiger partial charge in [-0.2, -0.15) is 11.8 Å². The summed E-state index contributed by atoms with van der Waals surface area (Å²) in [4.78, 5) is 67.6. The van der Waals surface area contributed by atoms with Crippen LogP contribution in [-0.2, 0) is 25.7 Å². The number of hydrogen-bond acceptors (Lipinski definition) is 11. The van der Waals surface area contributed by atoms with Crippen molar-refractivity contribution in [1.29, 1.82) is 0 Å². The zero-order valence-corrected chi connectivity index (χ0v) is 21.9. The Morgan fingerprint density at radius 3 is 2.26 bits per heavy atom. The number of aromatic nitrogens is 1. The first kappa shape index (κ1) is 29.1. The molecule has 4 aromatic rings. The largest absolute Gasteiger partial charge is 0.423 e. The molecule has 214 valence electrons. The van der Waals surface area contributed by atoms with E-state index >= 15 is 0 Å². The van der Waals surface area contributed by atoms with Crippen molar-refractivity contribution in [2.75, 3.05) is 11.4 Å². The molecule has 0 fully saturated rings. The molecular formula is C28H25N7O7. The number of fused-ring (bicyclic) bond motifs is 1. The van der Waals surface area contributed by atoms with Gasteiger partial charge in [0, 0.05) is 11.1 Å². The van der Waals surface area contributed by atoms with Gasteiger partial charge in [0.2, 0.25) is 0 Å². The maximum atomic E-state index is 13.5. The van der Waals surface area contributed by atoms with Gasteiger partial charge in [0.05, 0.1) is 23.2 Å². The number of benzene rings is 3. The van der Waals surface area contributed by atoms with Gasteiger partial charge in [-0.3, -0.25) is 14.5 Å². The van der Waals surface area contributed by atoms with E-state index in [1.165, 1.54) is 30.3 Å². The third kappa shape index (κ3) is 7.20. The number of carbonyl (C=O) groups is 4. The summed E-state index contributed by atoms with van der Waals surface area (Å²) in [7, 11) is 0. The van der Waals surface area contributed by atoms with Crippen molar-refractivity contribution in [3.05, 3.63) is 95.7 Å². The van der Waals surface area contributed by atoms with Crippen LogP contribution in [0.2, 0.25) is 0 Å². The van der Waals surface area contributed by atoms with E-state index < -0.39 is 30.4 Å². The fourth-order valence-corrected chi connectivity index (χ4v) is 3.90. The first-order chi connectivity index (χ1) is 20.2. The van der Waals surface area contributed by atoms with Gasteiger partial charge in [-0.25, -0.2) is 19.6 Å². The van der Waals surface area contributed by atoms with Crippen molar-refractivity contribution in [3.63, 3.8) is 0 Å². The first-order valence-electron chi connectivity index (χ1n) is 12.2. The average Bonchev–Trinajstić information content (AvgIpc) is 2.99. The highest BCUT2D eigenvalue weighted by molar-refractivity contribution is 6.08. The predicted octanol–water partition coefficient (Wildman–Crippen LogP) is 1.38. The highest BCUT2D eigenvalue weighted by Gasteiger charge is 2.23. The van der Waals surface area contributed by atoms with Crippen LogP contribution in [0.3, 0.4) is 0 Å². The molecule has 42 heavy (non-hydrogen) atoms. The highest BCUT2D eigenvalue weighted by atomic mass is 16.7. The van der Waals surface area contributed by atoms with Gasteiger partial charge in [0.1, 0.15) is 18.0 Å². The Kier molecular flexibility index (Phi) is 9.01. The van der Waals surface area contributed by atoms with Crippen LogP contribution in [0.25, 0.3) is 10.9 Å². The van der Waals surface area contributed by atoms with Crippen LogP contribution in [-0.4, -0.2) is 41.3 Å². The summed E-state index contributed by atoms with van der Waals surface area (Å²) in [5.74, 6) is 7.26. The molecule has 1 amide bonds. The Hall–Kier alpha value is -5.86. The standard InChI is InChI=1S/C28H25N7O7/c29-28(30)33-19-7-4-17(5-8-19)27(39)40-21-9-11-22-18(14-21)6-10-23(34-22)26(38)35(15-25(37)42-32)20-3-1-2-16(12-20)13-24(36)41-31/h1-12,14H,13,15,31-32H2,(H4,29,30,33). The fraction of sp³-hybridized carbons (Fsp3) is 0.0714. The van der Waals surface area contributed by atoms with E-state index in [0.29, 0.717) is 22.2 Å². The molecule has 14 heteroatoms. The molecule has 0 aliphatic heterocycles. The Bertz CT molecular complexity index is 1690. The molecule has 0 atom stereocenters. The number of nitrogens with zero attached hydrogens (tertiary/aromatic N) is 3. The van der Waals surface area contributed by atoms with Crippen LogP contribution in [0.4, 0.5) is 11.4 Å². The number of carbonyl (C=O) groups excluding carboxylic acids is 4. The van der Waals surface area contributed by atoms with Crippen LogP contribution in [0, 0.1) is 0 Å². The normalized spacial score (nSPS) is 10.4. The number of nitrogens with two attached hydrogens (primary N) is 4. The second-order valence-corrected chi connectivity index (χ2v) is 8.74. The van der Waals surface area contributed by atoms with E-state index in [1.54, 1.807) is 48.5 Å². The van der Waals surface area contributed by atoms with Crippen LogP contribution in [0.1, 0.15) is 26.4 Å². The lowest BCUT2D eigenvalue weighted by atomic mass is 10.1. The molecule has 0 saturated heterocycles. The van der Waals surface area contributed by atoms with Crippen molar-refractivity contribution in [2.24, 2.45) is 28.3 Å². The zero-order valence-electron chi connectivity index (χ0n) is 21.9. The number of hydrogen-bond donors (Lipinski definition) is 4. The third-order valence-electron chi connectivity index (χ3n) is 5.82. The first-order valence-corrected chi connectivity index (χ1v) is 12.2. The van der Waals surface area contributed by atoms with Gasteiger partial charge >= 0.3 is 17.9 Å². The number of rotatable bonds is 9. The van der Waals surface area contributed by atoms with Gasteiger partial charge in [-0.1, -0.05) is 18.2 Å². The Labute approximate surface area is 238 Å². The summed E-state index contributed by atoms with van der Waals surface area (Å²) in [5.41, 5.74) is 12.7. The SMILES string of the molecule is NOC(=O)Cc1cccc(N(CC(=O)ON)C(=O)c2ccc3cc(OC(=O)c4ccc(N=C(N)N)cc4)ccc3n2)c1. The molecular weight excluding hydrogens is 546 g/mol. The lowest BCUT2D eigenvalue weighted by molar-refractivity contribution is -0.143. The molecule has 1 aromatic heterocycles. The number of anilines is 1. The topological polar surface area (TPSA) is 229 Å². The van der Waals surface area contributed by atoms with Gasteiger partial charge in [-0.05, 0) is 66.2 Å². The van der Waals surface area contributed by atoms with E-state index in [1.807, 2.05) is 0 Å². The van der Waals surface area contributed by atoms with Crippen LogP contribution < -0.4 is 32.9 Å². The van der Waals surface area contributed by atoms with E-state index in [0.717, 1.165) is 4.90 Å². The molecule has 3 aromatic carbocycles. The third-order valence-corrected chi connectivity index (χ3v) is 5.82. The molecule has 1 heterocycles. The maximum absolute atomic E-state index is 13.5.